The summed E-state index contributed by atoms with van der Waals surface area (Å²) in [6.07, 6.45) is 1.58. The van der Waals surface area contributed by atoms with Crippen LogP contribution in [-0.4, -0.2) is 21.9 Å². The van der Waals surface area contributed by atoms with Crippen molar-refractivity contribution in [2.45, 2.75) is 6.92 Å². The van der Waals surface area contributed by atoms with Crippen LogP contribution in [-0.2, 0) is 7.05 Å². The molecule has 6 nitrogen and oxygen atoms in total. The van der Waals surface area contributed by atoms with Crippen LogP contribution in [0.5, 0.6) is 0 Å². The van der Waals surface area contributed by atoms with Gasteiger partial charge in [0.25, 0.3) is 11.5 Å². The Kier molecular flexibility index (Phi) is 4.03. The van der Waals surface area contributed by atoms with E-state index in [0.29, 0.717) is 10.8 Å². The Hall–Kier alpha value is -2.80. The van der Waals surface area contributed by atoms with E-state index in [1.165, 1.54) is 11.9 Å². The van der Waals surface area contributed by atoms with Gasteiger partial charge in [0.15, 0.2) is 5.69 Å². The molecule has 0 atom stereocenters. The quantitative estimate of drug-likeness (QED) is 0.591. The molecule has 0 bridgehead atoms. The Bertz CT molecular complexity index is 972. The number of thiophene rings is 1. The van der Waals surface area contributed by atoms with Crippen molar-refractivity contribution in [2.24, 2.45) is 12.1 Å². The summed E-state index contributed by atoms with van der Waals surface area (Å²) < 4.78 is 1.16. The molecule has 0 aliphatic heterocycles. The fraction of sp³-hybridized carbons (Fsp3) is 0.125. The Morgan fingerprint density at radius 3 is 2.70 bits per heavy atom. The van der Waals surface area contributed by atoms with E-state index in [9.17, 15) is 9.59 Å². The predicted molar refractivity (Wildman–Crippen MR) is 91.1 cm³/mol. The minimum atomic E-state index is -0.457. The van der Waals surface area contributed by atoms with E-state index in [2.05, 4.69) is 15.6 Å². The van der Waals surface area contributed by atoms with Crippen molar-refractivity contribution >= 4 is 34.2 Å². The molecule has 1 aromatic carbocycles. The summed E-state index contributed by atoms with van der Waals surface area (Å²) in [5.41, 5.74) is 2.38. The molecule has 7 heteroatoms. The summed E-state index contributed by atoms with van der Waals surface area (Å²) in [6, 6.07) is 10.8. The summed E-state index contributed by atoms with van der Waals surface area (Å²) in [6.45, 7) is 2.00. The highest BCUT2D eigenvalue weighted by molar-refractivity contribution is 7.13. The number of aromatic nitrogens is 2. The first kappa shape index (κ1) is 15.1. The number of fused-ring (bicyclic) bond motifs is 1. The van der Waals surface area contributed by atoms with E-state index < -0.39 is 5.91 Å². The molecule has 2 heterocycles. The maximum absolute atomic E-state index is 12.3. The second-order valence-electron chi connectivity index (χ2n) is 4.97. The maximum atomic E-state index is 12.3. The van der Waals surface area contributed by atoms with Crippen molar-refractivity contribution in [1.29, 1.82) is 0 Å². The second-order valence-corrected chi connectivity index (χ2v) is 6.29. The number of nitrogens with one attached hydrogen (secondary N) is 1. The van der Waals surface area contributed by atoms with E-state index in [-0.39, 0.29) is 11.3 Å². The lowest BCUT2D eigenvalue weighted by Gasteiger charge is -2.06. The van der Waals surface area contributed by atoms with Crippen molar-refractivity contribution in [3.05, 3.63) is 62.2 Å². The molecule has 0 aliphatic carbocycles. The van der Waals surface area contributed by atoms with Crippen LogP contribution in [0.4, 0.5) is 0 Å². The number of aryl methyl sites for hydroxylation is 2. The Morgan fingerprint density at radius 1 is 1.26 bits per heavy atom. The topological polar surface area (TPSA) is 76.3 Å². The van der Waals surface area contributed by atoms with Crippen LogP contribution >= 0.6 is 11.3 Å². The number of nitrogens with zero attached hydrogens (tertiary/aromatic N) is 3. The fourth-order valence-electron chi connectivity index (χ4n) is 2.20. The smallest absolute Gasteiger partial charge is 0.267 e. The van der Waals surface area contributed by atoms with Gasteiger partial charge in [-0.3, -0.25) is 9.59 Å². The van der Waals surface area contributed by atoms with Crippen LogP contribution in [0.2, 0.25) is 0 Å². The van der Waals surface area contributed by atoms with Gasteiger partial charge in [-0.2, -0.15) is 10.2 Å². The number of hydrazone groups is 1. The minimum Gasteiger partial charge on any atom is -0.267 e. The third-order valence-corrected chi connectivity index (χ3v) is 4.23. The first-order valence-electron chi connectivity index (χ1n) is 6.92. The van der Waals surface area contributed by atoms with Gasteiger partial charge in [-0.25, -0.2) is 10.1 Å². The molecule has 0 saturated heterocycles. The summed E-state index contributed by atoms with van der Waals surface area (Å²) in [7, 11) is 1.52. The Balaban J connectivity index is 1.91. The van der Waals surface area contributed by atoms with Crippen molar-refractivity contribution in [3.63, 3.8) is 0 Å². The summed E-state index contributed by atoms with van der Waals surface area (Å²) in [5, 5.41) is 8.96. The van der Waals surface area contributed by atoms with Gasteiger partial charge in [0.05, 0.1) is 11.6 Å². The fourth-order valence-corrected chi connectivity index (χ4v) is 2.95. The highest BCUT2D eigenvalue weighted by Gasteiger charge is 2.14. The molecule has 23 heavy (non-hydrogen) atoms. The van der Waals surface area contributed by atoms with Gasteiger partial charge in [0, 0.05) is 22.2 Å². The molecule has 0 fully saturated rings. The Morgan fingerprint density at radius 2 is 2.00 bits per heavy atom. The predicted octanol–water partition coefficient (Wildman–Crippen LogP) is 2.07. The first-order chi connectivity index (χ1) is 11.1. The lowest BCUT2D eigenvalue weighted by atomic mass is 10.1. The number of benzene rings is 1. The number of rotatable bonds is 3. The van der Waals surface area contributed by atoms with Crippen LogP contribution < -0.4 is 11.0 Å². The van der Waals surface area contributed by atoms with Gasteiger partial charge in [0.1, 0.15) is 0 Å². The van der Waals surface area contributed by atoms with Gasteiger partial charge in [-0.15, -0.1) is 11.3 Å². The summed E-state index contributed by atoms with van der Waals surface area (Å²) in [5.74, 6) is -0.457. The zero-order valence-electron chi connectivity index (χ0n) is 12.6. The minimum absolute atomic E-state index is 0.169. The van der Waals surface area contributed by atoms with Gasteiger partial charge in [-0.05, 0) is 25.1 Å². The summed E-state index contributed by atoms with van der Waals surface area (Å²) >= 11 is 1.58. The zero-order chi connectivity index (χ0) is 16.4. The number of carbonyl (C=O) groups is 1. The first-order valence-corrected chi connectivity index (χ1v) is 7.74. The lowest BCUT2D eigenvalue weighted by Crippen LogP contribution is -2.27. The van der Waals surface area contributed by atoms with Gasteiger partial charge in [-0.1, -0.05) is 18.2 Å². The molecular formula is C16H14N4O2S. The van der Waals surface area contributed by atoms with Crippen molar-refractivity contribution in [1.82, 2.24) is 15.2 Å². The molecule has 0 aliphatic rings. The molecule has 3 aromatic rings. The molecule has 0 saturated carbocycles. The molecular weight excluding hydrogens is 312 g/mol. The van der Waals surface area contributed by atoms with Crippen molar-refractivity contribution < 1.29 is 4.79 Å². The van der Waals surface area contributed by atoms with Gasteiger partial charge in [0.2, 0.25) is 0 Å². The highest BCUT2D eigenvalue weighted by atomic mass is 32.1. The molecule has 116 valence electrons. The molecule has 1 N–H and O–H groups in total. The SMILES string of the molecule is Cc1ccc(/C=N/NC(=O)c2nn(C)c(=O)c3ccccc23)s1. The van der Waals surface area contributed by atoms with E-state index in [4.69, 9.17) is 0 Å². The van der Waals surface area contributed by atoms with Crippen molar-refractivity contribution in [3.8, 4) is 0 Å². The molecule has 2 aromatic heterocycles. The number of hydrogen-bond donors (Lipinski definition) is 1. The monoisotopic (exact) mass is 326 g/mol. The number of amides is 1. The van der Waals surface area contributed by atoms with E-state index in [1.807, 2.05) is 19.1 Å². The molecule has 0 spiro atoms. The van der Waals surface area contributed by atoms with Gasteiger partial charge >= 0.3 is 0 Å². The van der Waals surface area contributed by atoms with Crippen molar-refractivity contribution in [2.75, 3.05) is 0 Å². The Labute approximate surface area is 136 Å². The van der Waals surface area contributed by atoms with Crippen LogP contribution in [0.25, 0.3) is 10.8 Å². The van der Waals surface area contributed by atoms with Crippen LogP contribution in [0.3, 0.4) is 0 Å². The molecule has 0 radical (unpaired) electrons. The average molecular weight is 326 g/mol. The zero-order valence-corrected chi connectivity index (χ0v) is 13.4. The normalized spacial score (nSPS) is 11.2. The molecule has 0 unspecified atom stereocenters. The highest BCUT2D eigenvalue weighted by Crippen LogP contribution is 2.13. The standard InChI is InChI=1S/C16H14N4O2S/c1-10-7-8-11(23-10)9-17-18-15(21)14-12-5-3-4-6-13(12)16(22)20(2)19-14/h3-9H,1-2H3,(H,18,21)/b17-9+. The van der Waals surface area contributed by atoms with Crippen LogP contribution in [0, 0.1) is 6.92 Å². The average Bonchev–Trinajstić information content (AvgIpc) is 2.96. The van der Waals surface area contributed by atoms with Gasteiger partial charge < -0.3 is 0 Å². The summed E-state index contributed by atoms with van der Waals surface area (Å²) in [4.78, 5) is 26.5. The molecule has 3 rings (SSSR count). The van der Waals surface area contributed by atoms with Crippen LogP contribution in [0.1, 0.15) is 20.2 Å². The second kappa shape index (κ2) is 6.13. The van der Waals surface area contributed by atoms with Crippen LogP contribution in [0.15, 0.2) is 46.3 Å². The van der Waals surface area contributed by atoms with E-state index >= 15 is 0 Å². The number of carbonyl (C=O) groups excluding carboxylic acids is 1. The third-order valence-electron chi connectivity index (χ3n) is 3.29. The maximum Gasteiger partial charge on any atom is 0.292 e. The van der Waals surface area contributed by atoms with E-state index in [1.54, 1.807) is 41.8 Å². The van der Waals surface area contributed by atoms with E-state index in [0.717, 1.165) is 9.56 Å². The third kappa shape index (κ3) is 3.04. The lowest BCUT2D eigenvalue weighted by molar-refractivity contribution is 0.0950. The largest absolute Gasteiger partial charge is 0.292 e. The molecule has 1 amide bonds. The number of hydrogen-bond acceptors (Lipinski definition) is 5.